The summed E-state index contributed by atoms with van der Waals surface area (Å²) in [5.74, 6) is -0.395. The molecule has 7 heteroatoms. The van der Waals surface area contributed by atoms with Gasteiger partial charge >= 0.3 is 0 Å². The van der Waals surface area contributed by atoms with Crippen molar-refractivity contribution in [3.63, 3.8) is 0 Å². The van der Waals surface area contributed by atoms with Crippen molar-refractivity contribution in [1.29, 1.82) is 0 Å². The van der Waals surface area contributed by atoms with Crippen molar-refractivity contribution in [2.45, 2.75) is 39.8 Å². The number of fused-ring (bicyclic) bond motifs is 1. The molecule has 3 aromatic carbocycles. The average molecular weight is 589 g/mol. The molecule has 0 saturated carbocycles. The average Bonchev–Trinajstić information content (AvgIpc) is 3.52. The third-order valence-electron chi connectivity index (χ3n) is 7.11. The van der Waals surface area contributed by atoms with Crippen molar-refractivity contribution in [1.82, 2.24) is 14.9 Å². The predicted molar refractivity (Wildman–Crippen MR) is 179 cm³/mol. The summed E-state index contributed by atoms with van der Waals surface area (Å²) in [5.41, 5.74) is 5.49. The summed E-state index contributed by atoms with van der Waals surface area (Å²) >= 11 is 1.43. The summed E-state index contributed by atoms with van der Waals surface area (Å²) in [4.78, 5) is 32.4. The fourth-order valence-electron chi connectivity index (χ4n) is 5.00. The van der Waals surface area contributed by atoms with Crippen molar-refractivity contribution in [2.75, 3.05) is 11.9 Å². The van der Waals surface area contributed by atoms with Gasteiger partial charge in [0.15, 0.2) is 5.13 Å². The smallest absolute Gasteiger partial charge is 0.257 e. The number of anilines is 1. The number of aromatic nitrogens is 2. The van der Waals surface area contributed by atoms with E-state index in [-0.39, 0.29) is 11.0 Å². The normalized spacial score (nSPS) is 12.3. The highest BCUT2D eigenvalue weighted by atomic mass is 32.1. The van der Waals surface area contributed by atoms with Crippen LogP contribution in [0.5, 0.6) is 0 Å². The van der Waals surface area contributed by atoms with Gasteiger partial charge in [0.05, 0.1) is 0 Å². The maximum atomic E-state index is 13.6. The van der Waals surface area contributed by atoms with Crippen molar-refractivity contribution in [3.05, 3.63) is 142 Å². The largest absolute Gasteiger partial charge is 0.357 e. The standard InChI is InChI=1S/C34H30N4O2S.C2H6/c39-31-29(32(40)35-20-24-12-4-1-5-13-24)23-38(22-27-18-10-11-19-28(27)26-16-8-3-9-17-26)33-30(31)37-34(41-33)36-21-25-14-6-2-7-15-25;1-2/h2-4,6-19,23H,1,5,20-22H2,(H,35,40)(H,36,37);1-2H3. The first-order valence-corrected chi connectivity index (χ1v) is 15.6. The van der Waals surface area contributed by atoms with Crippen LogP contribution in [0, 0.1) is 0 Å². The first kappa shape index (κ1) is 29.7. The van der Waals surface area contributed by atoms with E-state index in [1.54, 1.807) is 6.20 Å². The number of benzene rings is 3. The van der Waals surface area contributed by atoms with Crippen LogP contribution < -0.4 is 16.1 Å². The lowest BCUT2D eigenvalue weighted by Gasteiger charge is -2.14. The van der Waals surface area contributed by atoms with E-state index in [0.717, 1.165) is 45.5 Å². The molecule has 0 saturated heterocycles. The lowest BCUT2D eigenvalue weighted by molar-refractivity contribution is 0.0955. The van der Waals surface area contributed by atoms with Crippen LogP contribution in [-0.2, 0) is 13.1 Å². The molecule has 2 N–H and O–H groups in total. The molecule has 6 nitrogen and oxygen atoms in total. The third-order valence-corrected chi connectivity index (χ3v) is 8.16. The van der Waals surface area contributed by atoms with Crippen LogP contribution in [0.25, 0.3) is 21.5 Å². The van der Waals surface area contributed by atoms with Gasteiger partial charge in [-0.25, -0.2) is 4.98 Å². The molecule has 0 atom stereocenters. The van der Waals surface area contributed by atoms with Gasteiger partial charge in [-0.15, -0.1) is 0 Å². The molecule has 0 spiro atoms. The Morgan fingerprint density at radius 3 is 2.37 bits per heavy atom. The molecule has 1 aliphatic rings. The highest BCUT2D eigenvalue weighted by molar-refractivity contribution is 7.21. The van der Waals surface area contributed by atoms with Crippen LogP contribution in [0.1, 0.15) is 48.2 Å². The Labute approximate surface area is 256 Å². The Balaban J connectivity index is 0.00000180. The molecule has 2 heterocycles. The number of thiazole rings is 1. The molecule has 218 valence electrons. The number of allylic oxidation sites excluding steroid dienone is 2. The Morgan fingerprint density at radius 2 is 1.63 bits per heavy atom. The highest BCUT2D eigenvalue weighted by Gasteiger charge is 2.20. The lowest BCUT2D eigenvalue weighted by Crippen LogP contribution is -2.31. The van der Waals surface area contributed by atoms with E-state index >= 15 is 0 Å². The molecule has 0 unspecified atom stereocenters. The maximum absolute atomic E-state index is 13.6. The fourth-order valence-corrected chi connectivity index (χ4v) is 5.93. The lowest BCUT2D eigenvalue weighted by atomic mass is 9.99. The van der Waals surface area contributed by atoms with Gasteiger partial charge in [0.25, 0.3) is 5.91 Å². The zero-order valence-corrected chi connectivity index (χ0v) is 25.4. The monoisotopic (exact) mass is 588 g/mol. The van der Waals surface area contributed by atoms with Crippen LogP contribution in [0.3, 0.4) is 0 Å². The molecule has 0 bridgehead atoms. The van der Waals surface area contributed by atoms with Crippen molar-refractivity contribution < 1.29 is 4.79 Å². The van der Waals surface area contributed by atoms with Gasteiger partial charge in [-0.2, -0.15) is 0 Å². The quantitative estimate of drug-likeness (QED) is 0.184. The first-order valence-electron chi connectivity index (χ1n) is 14.7. The molecule has 2 aromatic heterocycles. The van der Waals surface area contributed by atoms with E-state index in [9.17, 15) is 9.59 Å². The summed E-state index contributed by atoms with van der Waals surface area (Å²) < 4.78 is 1.98. The zero-order chi connectivity index (χ0) is 30.0. The SMILES string of the molecule is CC.O=C(NCC1=CCCC=C1)c1cn(Cc2ccccc2-c2ccccc2)c2sc(NCc3ccccc3)nc2c1=O. The summed E-state index contributed by atoms with van der Waals surface area (Å²) in [6.07, 6.45) is 9.90. The van der Waals surface area contributed by atoms with E-state index in [0.29, 0.717) is 30.3 Å². The molecule has 1 amide bonds. The number of amides is 1. The molecular weight excluding hydrogens is 552 g/mol. The molecule has 1 aliphatic carbocycles. The summed E-state index contributed by atoms with van der Waals surface area (Å²) in [6.45, 7) is 5.45. The summed E-state index contributed by atoms with van der Waals surface area (Å²) in [7, 11) is 0. The second kappa shape index (κ2) is 14.4. The zero-order valence-electron chi connectivity index (χ0n) is 24.5. The molecule has 6 rings (SSSR count). The predicted octanol–water partition coefficient (Wildman–Crippen LogP) is 7.82. The van der Waals surface area contributed by atoms with Gasteiger partial charge in [0, 0.05) is 25.8 Å². The minimum Gasteiger partial charge on any atom is -0.357 e. The minimum absolute atomic E-state index is 0.0926. The molecule has 0 fully saturated rings. The molecule has 0 radical (unpaired) electrons. The van der Waals surface area contributed by atoms with E-state index in [1.807, 2.05) is 85.2 Å². The minimum atomic E-state index is -0.395. The van der Waals surface area contributed by atoms with Crippen LogP contribution in [0.15, 0.2) is 120 Å². The number of carbonyl (C=O) groups is 1. The van der Waals surface area contributed by atoms with Crippen LogP contribution >= 0.6 is 11.3 Å². The molecule has 43 heavy (non-hydrogen) atoms. The Bertz CT molecular complexity index is 1800. The number of hydrogen-bond acceptors (Lipinski definition) is 5. The molecule has 5 aromatic rings. The van der Waals surface area contributed by atoms with E-state index < -0.39 is 5.91 Å². The van der Waals surface area contributed by atoms with Crippen LogP contribution in [0.2, 0.25) is 0 Å². The van der Waals surface area contributed by atoms with Gasteiger partial charge in [0.1, 0.15) is 15.9 Å². The number of hydrogen-bond donors (Lipinski definition) is 2. The molecular formula is C36H36N4O2S. The highest BCUT2D eigenvalue weighted by Crippen LogP contribution is 2.29. The van der Waals surface area contributed by atoms with Gasteiger partial charge in [-0.1, -0.05) is 128 Å². The Morgan fingerprint density at radius 1 is 0.907 bits per heavy atom. The fraction of sp³-hybridized carbons (Fsp3) is 0.194. The Hall–Kier alpha value is -4.75. The number of nitrogens with one attached hydrogen (secondary N) is 2. The second-order valence-electron chi connectivity index (χ2n) is 9.98. The van der Waals surface area contributed by atoms with Gasteiger partial charge in [0.2, 0.25) is 5.43 Å². The second-order valence-corrected chi connectivity index (χ2v) is 11.0. The van der Waals surface area contributed by atoms with Crippen molar-refractivity contribution in [2.24, 2.45) is 0 Å². The van der Waals surface area contributed by atoms with E-state index in [4.69, 9.17) is 0 Å². The number of pyridine rings is 1. The van der Waals surface area contributed by atoms with E-state index in [2.05, 4.69) is 52.0 Å². The van der Waals surface area contributed by atoms with Crippen molar-refractivity contribution in [3.8, 4) is 11.1 Å². The summed E-state index contributed by atoms with van der Waals surface area (Å²) in [6, 6.07) is 28.5. The van der Waals surface area contributed by atoms with E-state index in [1.165, 1.54) is 11.3 Å². The topological polar surface area (TPSA) is 76.0 Å². The third kappa shape index (κ3) is 7.19. The molecule has 0 aliphatic heterocycles. The van der Waals surface area contributed by atoms with Crippen molar-refractivity contribution >= 4 is 32.7 Å². The van der Waals surface area contributed by atoms with Gasteiger partial charge in [-0.05, 0) is 40.7 Å². The number of rotatable bonds is 9. The maximum Gasteiger partial charge on any atom is 0.257 e. The summed E-state index contributed by atoms with van der Waals surface area (Å²) in [5, 5.41) is 6.95. The van der Waals surface area contributed by atoms with Crippen LogP contribution in [0.4, 0.5) is 5.13 Å². The number of nitrogens with zero attached hydrogens (tertiary/aromatic N) is 2. The number of carbonyl (C=O) groups excluding carboxylic acids is 1. The van der Waals surface area contributed by atoms with Crippen LogP contribution in [-0.4, -0.2) is 22.0 Å². The Kier molecular flexibility index (Phi) is 9.97. The van der Waals surface area contributed by atoms with Gasteiger partial charge in [-0.3, -0.25) is 9.59 Å². The first-order chi connectivity index (χ1) is 21.2. The van der Waals surface area contributed by atoms with Gasteiger partial charge < -0.3 is 15.2 Å².